The van der Waals surface area contributed by atoms with Crippen LogP contribution in [0.15, 0.2) is 37.0 Å². The van der Waals surface area contributed by atoms with Gasteiger partial charge in [-0.1, -0.05) is 18.7 Å². The van der Waals surface area contributed by atoms with E-state index in [-0.39, 0.29) is 0 Å². The third-order valence-electron chi connectivity index (χ3n) is 2.19. The minimum atomic E-state index is 0.906. The summed E-state index contributed by atoms with van der Waals surface area (Å²) in [5.74, 6) is 0. The van der Waals surface area contributed by atoms with Crippen LogP contribution in [0.4, 0.5) is 11.4 Å². The van der Waals surface area contributed by atoms with Gasteiger partial charge >= 0.3 is 0 Å². The third-order valence-corrected chi connectivity index (χ3v) is 2.19. The predicted molar refractivity (Wildman–Crippen MR) is 52.4 cm³/mol. The van der Waals surface area contributed by atoms with Crippen molar-refractivity contribution in [3.8, 4) is 0 Å². The Bertz CT molecular complexity index is 306. The first kappa shape index (κ1) is 7.22. The van der Waals surface area contributed by atoms with Gasteiger partial charge in [-0.2, -0.15) is 0 Å². The van der Waals surface area contributed by atoms with Crippen molar-refractivity contribution in [2.45, 2.75) is 0 Å². The van der Waals surface area contributed by atoms with Crippen LogP contribution in [0, 0.1) is 0 Å². The number of fused-ring (bicyclic) bond motifs is 1. The quantitative estimate of drug-likeness (QED) is 0.620. The molecule has 1 heterocycles. The van der Waals surface area contributed by atoms with Gasteiger partial charge in [0.25, 0.3) is 0 Å². The maximum absolute atomic E-state index is 3.78. The lowest BCUT2D eigenvalue weighted by Crippen LogP contribution is -2.22. The topological polar surface area (TPSA) is 6.48 Å². The van der Waals surface area contributed by atoms with E-state index in [1.54, 1.807) is 0 Å². The van der Waals surface area contributed by atoms with Crippen LogP contribution in [0.3, 0.4) is 0 Å². The number of para-hydroxylation sites is 2. The zero-order valence-corrected chi connectivity index (χ0v) is 7.20. The Morgan fingerprint density at radius 1 is 1.33 bits per heavy atom. The molecule has 0 unspecified atom stereocenters. The van der Waals surface area contributed by atoms with E-state index < -0.39 is 0 Å². The highest BCUT2D eigenvalue weighted by Gasteiger charge is 2.19. The van der Waals surface area contributed by atoms with Crippen LogP contribution in [0.2, 0.25) is 0 Å². The minimum absolute atomic E-state index is 0.906. The first-order chi connectivity index (χ1) is 5.83. The van der Waals surface area contributed by atoms with Crippen molar-refractivity contribution < 1.29 is 0 Å². The molecule has 0 saturated carbocycles. The summed E-state index contributed by atoms with van der Waals surface area (Å²) in [4.78, 5) is 4.34. The van der Waals surface area contributed by atoms with Crippen molar-refractivity contribution in [2.75, 3.05) is 23.5 Å². The largest absolute Gasteiger partial charge is 0.355 e. The minimum Gasteiger partial charge on any atom is -0.355 e. The van der Waals surface area contributed by atoms with Gasteiger partial charge in [0.1, 0.15) is 0 Å². The molecule has 2 nitrogen and oxygen atoms in total. The van der Waals surface area contributed by atoms with E-state index >= 15 is 0 Å². The van der Waals surface area contributed by atoms with Crippen LogP contribution in [-0.4, -0.2) is 13.7 Å². The summed E-state index contributed by atoms with van der Waals surface area (Å²) >= 11 is 0. The molecule has 0 spiro atoms. The van der Waals surface area contributed by atoms with Crippen molar-refractivity contribution in [1.82, 2.24) is 0 Å². The highest BCUT2D eigenvalue weighted by Crippen LogP contribution is 2.34. The van der Waals surface area contributed by atoms with Crippen molar-refractivity contribution in [3.63, 3.8) is 0 Å². The Kier molecular flexibility index (Phi) is 1.54. The smallest absolute Gasteiger partial charge is 0.0944 e. The summed E-state index contributed by atoms with van der Waals surface area (Å²) < 4.78 is 0. The van der Waals surface area contributed by atoms with E-state index in [0.717, 1.165) is 6.67 Å². The van der Waals surface area contributed by atoms with E-state index in [1.165, 1.54) is 11.4 Å². The fraction of sp³-hybridized carbons (Fsp3) is 0.200. The number of anilines is 2. The van der Waals surface area contributed by atoms with Gasteiger partial charge in [0.15, 0.2) is 0 Å². The fourth-order valence-corrected chi connectivity index (χ4v) is 1.57. The van der Waals surface area contributed by atoms with Crippen LogP contribution in [0.1, 0.15) is 0 Å². The molecular weight excluding hydrogens is 148 g/mol. The molecule has 1 aliphatic heterocycles. The number of nitrogens with zero attached hydrogens (tertiary/aromatic N) is 2. The molecule has 2 rings (SSSR count). The normalized spacial score (nSPS) is 14.8. The summed E-state index contributed by atoms with van der Waals surface area (Å²) in [6.07, 6.45) is 1.86. The standard InChI is InChI=1S/C10H12N2/c1-3-12-8-11(2)9-6-4-5-7-10(9)12/h3-7H,1,8H2,2H3. The molecule has 0 atom stereocenters. The van der Waals surface area contributed by atoms with Gasteiger partial charge in [-0.3, -0.25) is 0 Å². The van der Waals surface area contributed by atoms with Crippen LogP contribution in [0.25, 0.3) is 0 Å². The second-order valence-corrected chi connectivity index (χ2v) is 2.98. The van der Waals surface area contributed by atoms with Gasteiger partial charge in [0.05, 0.1) is 18.0 Å². The van der Waals surface area contributed by atoms with Gasteiger partial charge in [-0.15, -0.1) is 0 Å². The summed E-state index contributed by atoms with van der Waals surface area (Å²) in [6.45, 7) is 4.68. The van der Waals surface area contributed by atoms with Gasteiger partial charge in [-0.25, -0.2) is 0 Å². The molecule has 2 heteroatoms. The van der Waals surface area contributed by atoms with Crippen LogP contribution < -0.4 is 9.80 Å². The zero-order chi connectivity index (χ0) is 8.55. The molecule has 0 N–H and O–H groups in total. The van der Waals surface area contributed by atoms with Gasteiger partial charge in [0, 0.05) is 7.05 Å². The van der Waals surface area contributed by atoms with Crippen molar-refractivity contribution in [3.05, 3.63) is 37.0 Å². The average Bonchev–Trinajstić information content (AvgIpc) is 2.44. The molecule has 0 aliphatic carbocycles. The molecule has 0 aromatic heterocycles. The molecule has 0 bridgehead atoms. The molecule has 0 fully saturated rings. The van der Waals surface area contributed by atoms with E-state index in [0.29, 0.717) is 0 Å². The second kappa shape index (κ2) is 2.55. The molecule has 0 radical (unpaired) electrons. The highest BCUT2D eigenvalue weighted by atomic mass is 15.4. The Morgan fingerprint density at radius 3 is 2.67 bits per heavy atom. The Labute approximate surface area is 72.7 Å². The SMILES string of the molecule is C=CN1CN(C)c2ccccc21. The lowest BCUT2D eigenvalue weighted by atomic mass is 10.2. The number of hydrogen-bond acceptors (Lipinski definition) is 2. The van der Waals surface area contributed by atoms with Crippen molar-refractivity contribution in [1.29, 1.82) is 0 Å². The Balaban J connectivity index is 2.49. The molecular formula is C10H12N2. The fourth-order valence-electron chi connectivity index (χ4n) is 1.57. The first-order valence-corrected chi connectivity index (χ1v) is 4.02. The molecule has 1 aromatic carbocycles. The third kappa shape index (κ3) is 0.881. The maximum atomic E-state index is 3.78. The van der Waals surface area contributed by atoms with E-state index in [1.807, 2.05) is 6.20 Å². The van der Waals surface area contributed by atoms with E-state index in [4.69, 9.17) is 0 Å². The van der Waals surface area contributed by atoms with Crippen LogP contribution >= 0.6 is 0 Å². The van der Waals surface area contributed by atoms with Crippen LogP contribution in [-0.2, 0) is 0 Å². The van der Waals surface area contributed by atoms with Gasteiger partial charge in [-0.05, 0) is 18.3 Å². The Morgan fingerprint density at radius 2 is 2.00 bits per heavy atom. The number of rotatable bonds is 1. The predicted octanol–water partition coefficient (Wildman–Crippen LogP) is 2.04. The second-order valence-electron chi connectivity index (χ2n) is 2.98. The summed E-state index contributed by atoms with van der Waals surface area (Å²) in [6, 6.07) is 8.34. The van der Waals surface area contributed by atoms with Crippen molar-refractivity contribution in [2.24, 2.45) is 0 Å². The molecule has 0 amide bonds. The molecule has 12 heavy (non-hydrogen) atoms. The first-order valence-electron chi connectivity index (χ1n) is 4.02. The van der Waals surface area contributed by atoms with E-state index in [2.05, 4.69) is 47.7 Å². The highest BCUT2D eigenvalue weighted by molar-refractivity contribution is 5.76. The van der Waals surface area contributed by atoms with Crippen molar-refractivity contribution >= 4 is 11.4 Å². The average molecular weight is 160 g/mol. The molecule has 1 aliphatic rings. The van der Waals surface area contributed by atoms with Gasteiger partial charge < -0.3 is 9.80 Å². The molecule has 0 saturated heterocycles. The lowest BCUT2D eigenvalue weighted by Gasteiger charge is -2.12. The zero-order valence-electron chi connectivity index (χ0n) is 7.20. The summed E-state index contributed by atoms with van der Waals surface area (Å²) in [5.41, 5.74) is 2.52. The Hall–Kier alpha value is -1.44. The summed E-state index contributed by atoms with van der Waals surface area (Å²) in [5, 5.41) is 0. The van der Waals surface area contributed by atoms with Gasteiger partial charge in [0.2, 0.25) is 0 Å². The number of benzene rings is 1. The lowest BCUT2D eigenvalue weighted by molar-refractivity contribution is 0.946. The maximum Gasteiger partial charge on any atom is 0.0944 e. The molecule has 1 aromatic rings. The summed E-state index contributed by atoms with van der Waals surface area (Å²) in [7, 11) is 2.09. The number of hydrogen-bond donors (Lipinski definition) is 0. The van der Waals surface area contributed by atoms with E-state index in [9.17, 15) is 0 Å². The monoisotopic (exact) mass is 160 g/mol. The van der Waals surface area contributed by atoms with Crippen LogP contribution in [0.5, 0.6) is 0 Å². The molecule has 62 valence electrons.